The van der Waals surface area contributed by atoms with Crippen molar-refractivity contribution in [3.8, 4) is 0 Å². The van der Waals surface area contributed by atoms with Crippen LogP contribution in [-0.2, 0) is 9.53 Å². The molecular formula is C10H20N2O2S. The smallest absolute Gasteiger partial charge is 0.242 e. The zero-order valence-electron chi connectivity index (χ0n) is 9.66. The van der Waals surface area contributed by atoms with Gasteiger partial charge in [0.15, 0.2) is 0 Å². The third-order valence-corrected chi connectivity index (χ3v) is 3.45. The highest BCUT2D eigenvalue weighted by Gasteiger charge is 2.26. The Bertz CT molecular complexity index is 208. The maximum Gasteiger partial charge on any atom is 0.242 e. The van der Waals surface area contributed by atoms with Crippen LogP contribution in [0.5, 0.6) is 0 Å². The number of likely N-dealkylation sites (N-methyl/N-ethyl adjacent to an activating group) is 1. The molecule has 0 aliphatic carbocycles. The molecule has 2 atom stereocenters. The number of carbonyl (C=O) groups is 1. The number of ether oxygens (including phenoxy) is 1. The maximum atomic E-state index is 12.0. The van der Waals surface area contributed by atoms with Crippen LogP contribution in [0, 0.1) is 0 Å². The first-order valence-electron chi connectivity index (χ1n) is 5.23. The number of nitrogens with one attached hydrogen (secondary N) is 1. The summed E-state index contributed by atoms with van der Waals surface area (Å²) in [5.41, 5.74) is 0. The largest absolute Gasteiger partial charge is 0.378 e. The summed E-state index contributed by atoms with van der Waals surface area (Å²) in [6.07, 6.45) is 2.05. The predicted molar refractivity (Wildman–Crippen MR) is 63.2 cm³/mol. The fourth-order valence-electron chi connectivity index (χ4n) is 1.54. The summed E-state index contributed by atoms with van der Waals surface area (Å²) in [6, 6.07) is 0.115. The molecule has 0 radical (unpaired) electrons. The summed E-state index contributed by atoms with van der Waals surface area (Å²) in [7, 11) is 1.86. The van der Waals surface area contributed by atoms with E-state index in [9.17, 15) is 4.79 Å². The van der Waals surface area contributed by atoms with Gasteiger partial charge in [0.2, 0.25) is 5.91 Å². The number of carbonyl (C=O) groups excluding carboxylic acids is 1. The Morgan fingerprint density at radius 2 is 2.47 bits per heavy atom. The number of hydrogen-bond donors (Lipinski definition) is 1. The lowest BCUT2D eigenvalue weighted by atomic mass is 10.2. The Balaban J connectivity index is 2.43. The van der Waals surface area contributed by atoms with Gasteiger partial charge in [-0.05, 0) is 13.2 Å². The van der Waals surface area contributed by atoms with Crippen molar-refractivity contribution in [2.45, 2.75) is 19.0 Å². The monoisotopic (exact) mass is 232 g/mol. The number of amides is 1. The summed E-state index contributed by atoms with van der Waals surface area (Å²) in [5, 5.41) is 3.17. The van der Waals surface area contributed by atoms with Gasteiger partial charge >= 0.3 is 0 Å². The van der Waals surface area contributed by atoms with Crippen LogP contribution in [0.25, 0.3) is 0 Å². The second-order valence-corrected chi connectivity index (χ2v) is 4.75. The molecule has 1 fully saturated rings. The van der Waals surface area contributed by atoms with Crippen molar-refractivity contribution >= 4 is 17.7 Å². The summed E-state index contributed by atoms with van der Waals surface area (Å²) in [4.78, 5) is 13.8. The molecule has 15 heavy (non-hydrogen) atoms. The normalized spacial score (nSPS) is 23.5. The van der Waals surface area contributed by atoms with Crippen molar-refractivity contribution in [2.75, 3.05) is 38.8 Å². The van der Waals surface area contributed by atoms with Crippen LogP contribution < -0.4 is 5.32 Å². The van der Waals surface area contributed by atoms with Gasteiger partial charge in [-0.2, -0.15) is 11.8 Å². The standard InChI is InChI=1S/C10H20N2O2S/c1-8(7-15-3)12(2)10(13)9-6-14-5-4-11-9/h8-9,11H,4-7H2,1-3H3. The van der Waals surface area contributed by atoms with Gasteiger partial charge in [0, 0.05) is 25.4 Å². The van der Waals surface area contributed by atoms with Gasteiger partial charge in [-0.1, -0.05) is 0 Å². The van der Waals surface area contributed by atoms with E-state index in [-0.39, 0.29) is 18.0 Å². The second kappa shape index (κ2) is 6.35. The molecule has 0 aromatic rings. The molecule has 4 nitrogen and oxygen atoms in total. The minimum Gasteiger partial charge on any atom is -0.378 e. The van der Waals surface area contributed by atoms with Crippen LogP contribution in [0.1, 0.15) is 6.92 Å². The van der Waals surface area contributed by atoms with Crippen LogP contribution in [0.3, 0.4) is 0 Å². The van der Waals surface area contributed by atoms with Crippen molar-refractivity contribution in [1.29, 1.82) is 0 Å². The SMILES string of the molecule is CSCC(C)N(C)C(=O)C1COCCN1. The lowest BCUT2D eigenvalue weighted by Crippen LogP contribution is -2.53. The molecule has 0 aromatic carbocycles. The molecule has 2 unspecified atom stereocenters. The van der Waals surface area contributed by atoms with Crippen molar-refractivity contribution in [1.82, 2.24) is 10.2 Å². The Labute approximate surface area is 95.7 Å². The quantitative estimate of drug-likeness (QED) is 0.751. The van der Waals surface area contributed by atoms with E-state index in [1.54, 1.807) is 11.8 Å². The van der Waals surface area contributed by atoms with Gasteiger partial charge in [-0.3, -0.25) is 4.79 Å². The van der Waals surface area contributed by atoms with Crippen LogP contribution in [0.15, 0.2) is 0 Å². The molecule has 1 aliphatic heterocycles. The first kappa shape index (κ1) is 12.8. The van der Waals surface area contributed by atoms with Gasteiger partial charge in [-0.15, -0.1) is 0 Å². The second-order valence-electron chi connectivity index (χ2n) is 3.84. The highest BCUT2D eigenvalue weighted by atomic mass is 32.2. The minimum atomic E-state index is -0.159. The number of nitrogens with zero attached hydrogens (tertiary/aromatic N) is 1. The molecule has 1 aliphatic rings. The molecule has 1 rings (SSSR count). The molecule has 0 spiro atoms. The maximum absolute atomic E-state index is 12.0. The topological polar surface area (TPSA) is 41.6 Å². The molecule has 1 heterocycles. The molecule has 1 saturated heterocycles. The lowest BCUT2D eigenvalue weighted by Gasteiger charge is -2.31. The third kappa shape index (κ3) is 3.66. The van der Waals surface area contributed by atoms with E-state index in [1.165, 1.54) is 0 Å². The molecule has 0 aromatic heterocycles. The molecule has 5 heteroatoms. The predicted octanol–water partition coefficient (Wildman–Crippen LogP) is 0.185. The zero-order chi connectivity index (χ0) is 11.3. The van der Waals surface area contributed by atoms with Crippen LogP contribution in [0.4, 0.5) is 0 Å². The van der Waals surface area contributed by atoms with Gasteiger partial charge in [0.05, 0.1) is 13.2 Å². The Morgan fingerprint density at radius 3 is 3.00 bits per heavy atom. The van der Waals surface area contributed by atoms with E-state index in [0.29, 0.717) is 13.2 Å². The highest BCUT2D eigenvalue weighted by Crippen LogP contribution is 2.06. The highest BCUT2D eigenvalue weighted by molar-refractivity contribution is 7.98. The average molecular weight is 232 g/mol. The Kier molecular flexibility index (Phi) is 5.42. The Morgan fingerprint density at radius 1 is 1.73 bits per heavy atom. The van der Waals surface area contributed by atoms with Gasteiger partial charge < -0.3 is 15.0 Å². The van der Waals surface area contributed by atoms with Gasteiger partial charge in [-0.25, -0.2) is 0 Å². The Hall–Kier alpha value is -0.260. The lowest BCUT2D eigenvalue weighted by molar-refractivity contribution is -0.136. The summed E-state index contributed by atoms with van der Waals surface area (Å²) in [5.74, 6) is 1.10. The van der Waals surface area contributed by atoms with Crippen molar-refractivity contribution < 1.29 is 9.53 Å². The van der Waals surface area contributed by atoms with Crippen LogP contribution in [0.2, 0.25) is 0 Å². The number of rotatable bonds is 4. The molecule has 88 valence electrons. The molecular weight excluding hydrogens is 212 g/mol. The first-order chi connectivity index (χ1) is 7.16. The van der Waals surface area contributed by atoms with E-state index in [0.717, 1.165) is 12.3 Å². The fraction of sp³-hybridized carbons (Fsp3) is 0.900. The van der Waals surface area contributed by atoms with Gasteiger partial charge in [0.1, 0.15) is 6.04 Å². The van der Waals surface area contributed by atoms with Crippen molar-refractivity contribution in [2.24, 2.45) is 0 Å². The first-order valence-corrected chi connectivity index (χ1v) is 6.63. The average Bonchev–Trinajstić information content (AvgIpc) is 2.28. The summed E-state index contributed by atoms with van der Waals surface area (Å²) < 4.78 is 5.28. The van der Waals surface area contributed by atoms with E-state index in [4.69, 9.17) is 4.74 Å². The number of morpholine rings is 1. The summed E-state index contributed by atoms with van der Waals surface area (Å²) in [6.45, 7) is 4.03. The zero-order valence-corrected chi connectivity index (χ0v) is 10.5. The van der Waals surface area contributed by atoms with E-state index < -0.39 is 0 Å². The van der Waals surface area contributed by atoms with E-state index in [2.05, 4.69) is 18.5 Å². The molecule has 0 bridgehead atoms. The number of thioether (sulfide) groups is 1. The van der Waals surface area contributed by atoms with Crippen molar-refractivity contribution in [3.05, 3.63) is 0 Å². The van der Waals surface area contributed by atoms with Crippen LogP contribution >= 0.6 is 11.8 Å². The van der Waals surface area contributed by atoms with Crippen molar-refractivity contribution in [3.63, 3.8) is 0 Å². The number of hydrogen-bond acceptors (Lipinski definition) is 4. The fourth-order valence-corrected chi connectivity index (χ4v) is 2.25. The molecule has 1 amide bonds. The van der Waals surface area contributed by atoms with E-state index >= 15 is 0 Å². The van der Waals surface area contributed by atoms with E-state index in [1.807, 2.05) is 11.9 Å². The van der Waals surface area contributed by atoms with Gasteiger partial charge in [0.25, 0.3) is 0 Å². The third-order valence-electron chi connectivity index (χ3n) is 2.64. The van der Waals surface area contributed by atoms with Crippen LogP contribution in [-0.4, -0.2) is 61.7 Å². The molecule has 0 saturated carbocycles. The molecule has 1 N–H and O–H groups in total. The summed E-state index contributed by atoms with van der Waals surface area (Å²) >= 11 is 1.76. The minimum absolute atomic E-state index is 0.135.